The zero-order valence-corrected chi connectivity index (χ0v) is 2.93. The van der Waals surface area contributed by atoms with Crippen LogP contribution < -0.4 is 0 Å². The van der Waals surface area contributed by atoms with Gasteiger partial charge in [0.25, 0.3) is 0 Å². The second-order valence-electron chi connectivity index (χ2n) is 0. The molecule has 0 saturated heterocycles. The van der Waals surface area contributed by atoms with Crippen molar-refractivity contribution in [2.45, 2.75) is 0 Å². The summed E-state index contributed by atoms with van der Waals surface area (Å²) in [5.74, 6) is 0. The van der Waals surface area contributed by atoms with Crippen molar-refractivity contribution in [3.8, 4) is 0 Å². The van der Waals surface area contributed by atoms with Gasteiger partial charge in [0.1, 0.15) is 0 Å². The Kier molecular flexibility index (Phi) is 112. The smallest absolute Gasteiger partial charge is 0 e. The summed E-state index contributed by atoms with van der Waals surface area (Å²) in [5.41, 5.74) is 0. The molecule has 0 amide bonds. The Balaban J connectivity index is 0. The standard InChI is InChI=1S/Al.Ba.Cr.Cu.5H. The molecule has 0 aliphatic heterocycles. The molecule has 0 saturated carbocycles. The van der Waals surface area contributed by atoms with E-state index in [0.717, 1.165) is 0 Å². The average Bonchev–Trinajstić information content (AvgIpc) is 0. The first-order chi connectivity index (χ1) is 0. The minimum absolute atomic E-state index is 0. The zero-order valence-electron chi connectivity index (χ0n) is 0.710. The fourth-order valence-corrected chi connectivity index (χ4v) is 0. The third kappa shape index (κ3) is 8.94. The summed E-state index contributed by atoms with van der Waals surface area (Å²) >= 11 is 0. The largest absolute Gasteiger partial charge is 0 e. The quantitative estimate of drug-likeness (QED) is 0.447. The first kappa shape index (κ1) is 27.2. The summed E-state index contributed by atoms with van der Waals surface area (Å²) in [6.45, 7) is 0. The van der Waals surface area contributed by atoms with E-state index in [4.69, 9.17) is 0 Å². The van der Waals surface area contributed by atoms with Gasteiger partial charge < -0.3 is 0 Å². The summed E-state index contributed by atoms with van der Waals surface area (Å²) in [7, 11) is 0. The Hall–Kier alpha value is 3.16. The van der Waals surface area contributed by atoms with Crippen molar-refractivity contribution in [2.24, 2.45) is 0 Å². The van der Waals surface area contributed by atoms with E-state index in [0.29, 0.717) is 0 Å². The molecule has 0 atom stereocenters. The van der Waals surface area contributed by atoms with Crippen molar-refractivity contribution in [3.05, 3.63) is 0 Å². The van der Waals surface area contributed by atoms with E-state index in [1.54, 1.807) is 0 Å². The monoisotopic (exact) mass is 285 g/mol. The van der Waals surface area contributed by atoms with Crippen molar-refractivity contribution in [1.29, 1.82) is 0 Å². The van der Waals surface area contributed by atoms with Gasteiger partial charge in [0.15, 0.2) is 17.4 Å². The maximum atomic E-state index is 0. The fourth-order valence-electron chi connectivity index (χ4n) is 0. The van der Waals surface area contributed by atoms with Gasteiger partial charge in [0, 0.05) is 34.4 Å². The average molecular weight is 285 g/mol. The third-order valence-corrected chi connectivity index (χ3v) is 0. The Morgan fingerprint density at radius 3 is 1.00 bits per heavy atom. The van der Waals surface area contributed by atoms with Crippen molar-refractivity contribution in [3.63, 3.8) is 0 Å². The SMILES string of the molecule is [AlH3].[BaH2].[Cr].[Cu]. The molecule has 4 heavy (non-hydrogen) atoms. The van der Waals surface area contributed by atoms with Crippen LogP contribution in [0.15, 0.2) is 0 Å². The van der Waals surface area contributed by atoms with Crippen LogP contribution in [0.4, 0.5) is 0 Å². The Morgan fingerprint density at radius 2 is 1.00 bits per heavy atom. The molecule has 27 valence electrons. The molecule has 1 radical (unpaired) electrons. The minimum atomic E-state index is 0. The molecule has 0 nitrogen and oxygen atoms in total. The topological polar surface area (TPSA) is 0 Å². The molecule has 0 spiro atoms. The van der Waals surface area contributed by atoms with Gasteiger partial charge >= 0.3 is 48.9 Å². The minimum Gasteiger partial charge on any atom is 0 e. The van der Waals surface area contributed by atoms with E-state index < -0.39 is 0 Å². The molecule has 0 heterocycles. The van der Waals surface area contributed by atoms with E-state index in [2.05, 4.69) is 0 Å². The maximum Gasteiger partial charge on any atom is 0 e. The molecule has 0 unspecified atom stereocenters. The van der Waals surface area contributed by atoms with E-state index in [1.807, 2.05) is 0 Å². The Bertz CT molecular complexity index is 8.00. The maximum absolute atomic E-state index is 0. The molecule has 0 aliphatic carbocycles. The molecular weight excluding hydrogens is 280 g/mol. The fraction of sp³-hybridized carbons (Fsp3) is 0. The second-order valence-corrected chi connectivity index (χ2v) is 0. The van der Waals surface area contributed by atoms with Crippen LogP contribution in [0.2, 0.25) is 0 Å². The first-order valence-electron chi connectivity index (χ1n) is 0. The van der Waals surface area contributed by atoms with Crippen LogP contribution in [0, 0.1) is 0 Å². The zero-order chi connectivity index (χ0) is 0. The predicted molar refractivity (Wildman–Crippen MR) is 18.5 cm³/mol. The van der Waals surface area contributed by atoms with Gasteiger partial charge in [-0.25, -0.2) is 0 Å². The molecule has 0 fully saturated rings. The molecule has 0 bridgehead atoms. The molecule has 0 aromatic rings. The van der Waals surface area contributed by atoms with Gasteiger partial charge in [0.05, 0.1) is 0 Å². The van der Waals surface area contributed by atoms with Crippen molar-refractivity contribution in [1.82, 2.24) is 0 Å². The summed E-state index contributed by atoms with van der Waals surface area (Å²) < 4.78 is 0. The normalized spacial score (nSPS) is 0. The summed E-state index contributed by atoms with van der Waals surface area (Å²) in [5, 5.41) is 0. The molecule has 0 aromatic heterocycles. The van der Waals surface area contributed by atoms with Gasteiger partial charge in [-0.1, -0.05) is 0 Å². The van der Waals surface area contributed by atoms with Crippen LogP contribution in [-0.4, -0.2) is 66.2 Å². The van der Waals surface area contributed by atoms with Crippen LogP contribution in [0.3, 0.4) is 0 Å². The summed E-state index contributed by atoms with van der Waals surface area (Å²) in [4.78, 5) is 0. The molecule has 0 aromatic carbocycles. The summed E-state index contributed by atoms with van der Waals surface area (Å²) in [6, 6.07) is 0. The van der Waals surface area contributed by atoms with Crippen molar-refractivity contribution < 1.29 is 34.4 Å². The molecule has 4 heteroatoms. The van der Waals surface area contributed by atoms with E-state index in [-0.39, 0.29) is 101 Å². The molecule has 0 rings (SSSR count). The Labute approximate surface area is 98.3 Å². The van der Waals surface area contributed by atoms with E-state index >= 15 is 0 Å². The van der Waals surface area contributed by atoms with Crippen molar-refractivity contribution >= 4 is 66.2 Å². The summed E-state index contributed by atoms with van der Waals surface area (Å²) in [6.07, 6.45) is 0. The molecule has 0 aliphatic rings. The second kappa shape index (κ2) is 16.4. The number of rotatable bonds is 0. The first-order valence-corrected chi connectivity index (χ1v) is 0. The van der Waals surface area contributed by atoms with Crippen LogP contribution in [0.25, 0.3) is 0 Å². The molecule has 0 N–H and O–H groups in total. The third-order valence-electron chi connectivity index (χ3n) is 0. The number of hydrogen-bond donors (Lipinski definition) is 0. The van der Waals surface area contributed by atoms with Gasteiger partial charge in [0.2, 0.25) is 0 Å². The van der Waals surface area contributed by atoms with Crippen molar-refractivity contribution in [2.75, 3.05) is 0 Å². The predicted octanol–water partition coefficient (Wildman–Crippen LogP) is -2.11. The van der Waals surface area contributed by atoms with Gasteiger partial charge in [-0.2, -0.15) is 0 Å². The van der Waals surface area contributed by atoms with Crippen LogP contribution >= 0.6 is 0 Å². The van der Waals surface area contributed by atoms with Crippen LogP contribution in [0.1, 0.15) is 0 Å². The van der Waals surface area contributed by atoms with E-state index in [9.17, 15) is 0 Å². The van der Waals surface area contributed by atoms with E-state index in [1.165, 1.54) is 0 Å². The Morgan fingerprint density at radius 1 is 1.00 bits per heavy atom. The van der Waals surface area contributed by atoms with Crippen LogP contribution in [0.5, 0.6) is 0 Å². The van der Waals surface area contributed by atoms with Gasteiger partial charge in [-0.15, -0.1) is 0 Å². The number of hydrogen-bond acceptors (Lipinski definition) is 0. The molecular formula is H5AlBaCrCu. The van der Waals surface area contributed by atoms with Gasteiger partial charge in [-0.05, 0) is 0 Å². The van der Waals surface area contributed by atoms with Crippen LogP contribution in [-0.2, 0) is 34.4 Å². The van der Waals surface area contributed by atoms with Gasteiger partial charge in [-0.3, -0.25) is 0 Å².